The molecule has 5 atom stereocenters. The Morgan fingerprint density at radius 2 is 2.22 bits per heavy atom. The van der Waals surface area contributed by atoms with Crippen molar-refractivity contribution in [1.29, 1.82) is 0 Å². The molecule has 5 nitrogen and oxygen atoms in total. The van der Waals surface area contributed by atoms with Crippen molar-refractivity contribution >= 4 is 5.78 Å². The van der Waals surface area contributed by atoms with Gasteiger partial charge in [-0.05, 0) is 30.9 Å². The van der Waals surface area contributed by atoms with Crippen LogP contribution in [0, 0.1) is 5.92 Å². The van der Waals surface area contributed by atoms with Crippen LogP contribution in [0.5, 0.6) is 11.5 Å². The molecule has 0 radical (unpaired) electrons. The molecule has 23 heavy (non-hydrogen) atoms. The summed E-state index contributed by atoms with van der Waals surface area (Å²) >= 11 is 0. The zero-order valence-corrected chi connectivity index (χ0v) is 13.3. The van der Waals surface area contributed by atoms with E-state index in [2.05, 4.69) is 11.8 Å². The van der Waals surface area contributed by atoms with Crippen molar-refractivity contribution in [1.82, 2.24) is 0 Å². The van der Waals surface area contributed by atoms with Crippen LogP contribution in [-0.2, 0) is 16.6 Å². The maximum absolute atomic E-state index is 12.7. The first-order chi connectivity index (χ1) is 11.0. The number of ether oxygens (including phenoxy) is 2. The maximum Gasteiger partial charge on any atom is 0.174 e. The van der Waals surface area contributed by atoms with Gasteiger partial charge in [0.2, 0.25) is 0 Å². The summed E-state index contributed by atoms with van der Waals surface area (Å²) in [5, 5.41) is 11.8. The zero-order valence-electron chi connectivity index (χ0n) is 13.3. The van der Waals surface area contributed by atoms with Crippen LogP contribution in [0.1, 0.15) is 36.8 Å². The molecule has 1 unspecified atom stereocenters. The van der Waals surface area contributed by atoms with E-state index in [0.717, 1.165) is 24.8 Å². The number of Topliss-reactive ketones (excluding diaryl/α,β-unsaturated/α-hetero) is 1. The number of benzene rings is 1. The Labute approximate surface area is 134 Å². The second kappa shape index (κ2) is 4.08. The number of methoxy groups -OCH3 is 1. The highest BCUT2D eigenvalue weighted by Crippen LogP contribution is 2.66. The lowest BCUT2D eigenvalue weighted by Gasteiger charge is -2.60. The fourth-order valence-electron chi connectivity index (χ4n) is 5.91. The van der Waals surface area contributed by atoms with Crippen molar-refractivity contribution in [3.63, 3.8) is 0 Å². The molecule has 3 aliphatic carbocycles. The molecule has 1 spiro atoms. The Morgan fingerprint density at radius 1 is 1.39 bits per heavy atom. The second-order valence-corrected chi connectivity index (χ2v) is 7.60. The molecule has 1 aliphatic heterocycles. The van der Waals surface area contributed by atoms with Crippen LogP contribution >= 0.6 is 0 Å². The molecule has 2 saturated carbocycles. The predicted octanol–water partition coefficient (Wildman–Crippen LogP) is 0.365. The first kappa shape index (κ1) is 13.8. The number of hydrogen-bond acceptors (Lipinski definition) is 4. The van der Waals surface area contributed by atoms with Crippen molar-refractivity contribution in [3.05, 3.63) is 23.3 Å². The molecule has 1 heterocycles. The van der Waals surface area contributed by atoms with Gasteiger partial charge in [0, 0.05) is 24.3 Å². The van der Waals surface area contributed by atoms with Crippen LogP contribution < -0.4 is 15.2 Å². The Bertz CT molecular complexity index is 732. The topological polar surface area (TPSA) is 83.4 Å². The highest BCUT2D eigenvalue weighted by molar-refractivity contribution is 5.90. The fraction of sp³-hybridized carbons (Fsp3) is 0.611. The van der Waals surface area contributed by atoms with Crippen molar-refractivity contribution in [3.8, 4) is 11.5 Å². The lowest BCUT2D eigenvalue weighted by molar-refractivity contribution is -0.455. The number of carbonyl (C=O) groups excluding carboxylic acids is 1. The van der Waals surface area contributed by atoms with Gasteiger partial charge >= 0.3 is 0 Å². The van der Waals surface area contributed by atoms with E-state index in [1.165, 1.54) is 5.56 Å². The average molecular weight is 316 g/mol. The van der Waals surface area contributed by atoms with Gasteiger partial charge in [0.25, 0.3) is 0 Å². The number of ketones is 1. The highest BCUT2D eigenvalue weighted by atomic mass is 16.5. The van der Waals surface area contributed by atoms with Gasteiger partial charge in [-0.15, -0.1) is 0 Å². The molecule has 0 aromatic heterocycles. The normalized spacial score (nSPS) is 42.9. The van der Waals surface area contributed by atoms with Gasteiger partial charge in [-0.2, -0.15) is 0 Å². The first-order valence-electron chi connectivity index (χ1n) is 8.48. The first-order valence-corrected chi connectivity index (χ1v) is 8.48. The van der Waals surface area contributed by atoms with Gasteiger partial charge in [-0.25, -0.2) is 0 Å². The molecular formula is C18H22NO4+. The molecule has 5 rings (SSSR count). The van der Waals surface area contributed by atoms with Gasteiger partial charge in [-0.1, -0.05) is 6.07 Å². The molecule has 1 aromatic rings. The SMILES string of the molecule is COc1ccc2c3c1O[C@H]1C(=O)CC[C@@]4(O)[C@@H](C2)C([NH3+])CC[C@]314. The van der Waals surface area contributed by atoms with E-state index in [-0.39, 0.29) is 17.7 Å². The summed E-state index contributed by atoms with van der Waals surface area (Å²) in [7, 11) is 1.62. The van der Waals surface area contributed by atoms with E-state index in [9.17, 15) is 9.90 Å². The van der Waals surface area contributed by atoms with E-state index < -0.39 is 17.1 Å². The summed E-state index contributed by atoms with van der Waals surface area (Å²) in [6.07, 6.45) is 2.84. The summed E-state index contributed by atoms with van der Waals surface area (Å²) < 4.78 is 11.6. The highest BCUT2D eigenvalue weighted by Gasteiger charge is 2.73. The van der Waals surface area contributed by atoms with Crippen molar-refractivity contribution in [2.24, 2.45) is 5.92 Å². The van der Waals surface area contributed by atoms with Gasteiger partial charge in [0.1, 0.15) is 0 Å². The van der Waals surface area contributed by atoms with Crippen molar-refractivity contribution in [2.75, 3.05) is 7.11 Å². The monoisotopic (exact) mass is 316 g/mol. The fourth-order valence-corrected chi connectivity index (χ4v) is 5.91. The quantitative estimate of drug-likeness (QED) is 0.784. The van der Waals surface area contributed by atoms with Crippen molar-refractivity contribution < 1.29 is 25.1 Å². The van der Waals surface area contributed by atoms with Crippen LogP contribution in [-0.4, -0.2) is 35.7 Å². The minimum atomic E-state index is -0.888. The molecule has 2 fully saturated rings. The number of hydrogen-bond donors (Lipinski definition) is 2. The number of aliphatic hydroxyl groups is 1. The number of quaternary nitrogens is 1. The summed E-state index contributed by atoms with van der Waals surface area (Å²) in [5.41, 5.74) is 5.06. The van der Waals surface area contributed by atoms with Crippen LogP contribution in [0.4, 0.5) is 0 Å². The molecule has 5 heteroatoms. The van der Waals surface area contributed by atoms with Gasteiger partial charge in [0.15, 0.2) is 23.4 Å². The number of rotatable bonds is 1. The number of carbonyl (C=O) groups is 1. The third-order valence-corrected chi connectivity index (χ3v) is 6.91. The molecule has 2 bridgehead atoms. The zero-order chi connectivity index (χ0) is 16.0. The lowest BCUT2D eigenvalue weighted by atomic mass is 9.45. The summed E-state index contributed by atoms with van der Waals surface area (Å²) in [6.45, 7) is 0. The Kier molecular flexibility index (Phi) is 2.45. The Balaban J connectivity index is 1.86. The largest absolute Gasteiger partial charge is 0.493 e. The molecule has 1 aromatic carbocycles. The van der Waals surface area contributed by atoms with E-state index in [1.807, 2.05) is 6.07 Å². The predicted molar refractivity (Wildman–Crippen MR) is 81.4 cm³/mol. The minimum absolute atomic E-state index is 0.0993. The standard InChI is InChI=1S/C18H21NO4/c1-22-13-3-2-9-8-10-11(19)4-6-17-14(9)15(13)23-16(17)12(20)5-7-18(10,17)21/h2-3,10-11,16,21H,4-8,19H2,1H3/p+1/t10-,11?,16-,17-,18+/m0/s1. The molecule has 0 amide bonds. The average Bonchev–Trinajstić information content (AvgIpc) is 2.90. The molecular weight excluding hydrogens is 294 g/mol. The van der Waals surface area contributed by atoms with Gasteiger partial charge in [-0.3, -0.25) is 4.79 Å². The van der Waals surface area contributed by atoms with E-state index in [4.69, 9.17) is 9.47 Å². The van der Waals surface area contributed by atoms with E-state index in [1.54, 1.807) is 7.11 Å². The summed E-state index contributed by atoms with van der Waals surface area (Å²) in [6, 6.07) is 4.22. The van der Waals surface area contributed by atoms with E-state index in [0.29, 0.717) is 24.3 Å². The smallest absolute Gasteiger partial charge is 0.174 e. The summed E-state index contributed by atoms with van der Waals surface area (Å²) in [5.74, 6) is 1.56. The second-order valence-electron chi connectivity index (χ2n) is 7.60. The summed E-state index contributed by atoms with van der Waals surface area (Å²) in [4.78, 5) is 12.7. The van der Waals surface area contributed by atoms with E-state index >= 15 is 0 Å². The minimum Gasteiger partial charge on any atom is -0.493 e. The van der Waals surface area contributed by atoms with Gasteiger partial charge < -0.3 is 20.3 Å². The lowest BCUT2D eigenvalue weighted by Crippen LogP contribution is -2.79. The van der Waals surface area contributed by atoms with Crippen LogP contribution in [0.25, 0.3) is 0 Å². The maximum atomic E-state index is 12.7. The van der Waals surface area contributed by atoms with Crippen LogP contribution in [0.2, 0.25) is 0 Å². The third kappa shape index (κ3) is 1.32. The molecule has 4 aliphatic rings. The van der Waals surface area contributed by atoms with Crippen molar-refractivity contribution in [2.45, 2.75) is 55.3 Å². The molecule has 122 valence electrons. The Morgan fingerprint density at radius 3 is 3.00 bits per heavy atom. The van der Waals surface area contributed by atoms with Gasteiger partial charge in [0.05, 0.1) is 24.2 Å². The molecule has 0 saturated heterocycles. The Hall–Kier alpha value is -1.59. The molecule has 4 N–H and O–H groups in total. The third-order valence-electron chi connectivity index (χ3n) is 6.91. The van der Waals surface area contributed by atoms with Crippen LogP contribution in [0.15, 0.2) is 12.1 Å². The van der Waals surface area contributed by atoms with Crippen LogP contribution in [0.3, 0.4) is 0 Å².